The van der Waals surface area contributed by atoms with Gasteiger partial charge in [0.1, 0.15) is 5.82 Å². The Kier molecular flexibility index (Phi) is 4.49. The Morgan fingerprint density at radius 3 is 2.67 bits per heavy atom. The molecule has 0 aliphatic carbocycles. The smallest absolute Gasteiger partial charge is 0.309 e. The van der Waals surface area contributed by atoms with Gasteiger partial charge in [0, 0.05) is 0 Å². The van der Waals surface area contributed by atoms with E-state index in [1.54, 1.807) is 0 Å². The molecule has 1 aromatic carbocycles. The Bertz CT molecular complexity index is 689. The second kappa shape index (κ2) is 6.32. The van der Waals surface area contributed by atoms with E-state index in [0.29, 0.717) is 11.4 Å². The lowest BCUT2D eigenvalue weighted by atomic mass is 10.2. The number of nitrogens with zero attached hydrogens (tertiary/aromatic N) is 1. The lowest BCUT2D eigenvalue weighted by Crippen LogP contribution is -2.13. The molecule has 0 saturated heterocycles. The van der Waals surface area contributed by atoms with Crippen LogP contribution in [0.4, 0.5) is 10.1 Å². The molecule has 0 aliphatic rings. The van der Waals surface area contributed by atoms with Crippen molar-refractivity contribution in [2.75, 3.05) is 5.32 Å². The Morgan fingerprint density at radius 1 is 1.29 bits per heavy atom. The van der Waals surface area contributed by atoms with Gasteiger partial charge in [0.05, 0.1) is 34.6 Å². The molecule has 1 heterocycles. The molecule has 2 aromatic rings. The van der Waals surface area contributed by atoms with E-state index in [1.165, 1.54) is 30.5 Å². The van der Waals surface area contributed by atoms with Crippen LogP contribution in [0.3, 0.4) is 0 Å². The molecule has 21 heavy (non-hydrogen) atoms. The SMILES string of the molecule is O=C(O)Cc1ccc(NC(=O)c2cccc(F)c2Cl)cn1. The van der Waals surface area contributed by atoms with E-state index < -0.39 is 17.7 Å². The highest BCUT2D eigenvalue weighted by Gasteiger charge is 2.13. The highest BCUT2D eigenvalue weighted by atomic mass is 35.5. The van der Waals surface area contributed by atoms with Crippen LogP contribution in [0.25, 0.3) is 0 Å². The second-order valence-electron chi connectivity index (χ2n) is 4.16. The number of carboxylic acid groups (broad SMARTS) is 1. The van der Waals surface area contributed by atoms with Gasteiger partial charge in [-0.05, 0) is 24.3 Å². The number of carbonyl (C=O) groups excluding carboxylic acids is 1. The van der Waals surface area contributed by atoms with Gasteiger partial charge in [0.15, 0.2) is 0 Å². The van der Waals surface area contributed by atoms with Gasteiger partial charge in [0.2, 0.25) is 0 Å². The van der Waals surface area contributed by atoms with Crippen molar-refractivity contribution in [3.05, 3.63) is 58.6 Å². The van der Waals surface area contributed by atoms with Gasteiger partial charge in [-0.3, -0.25) is 14.6 Å². The summed E-state index contributed by atoms with van der Waals surface area (Å²) in [6.07, 6.45) is 1.12. The summed E-state index contributed by atoms with van der Waals surface area (Å²) in [4.78, 5) is 26.4. The Balaban J connectivity index is 2.12. The quantitative estimate of drug-likeness (QED) is 0.910. The van der Waals surface area contributed by atoms with Crippen molar-refractivity contribution in [2.45, 2.75) is 6.42 Å². The van der Waals surface area contributed by atoms with Gasteiger partial charge in [-0.1, -0.05) is 17.7 Å². The third-order valence-corrected chi connectivity index (χ3v) is 3.00. The van der Waals surface area contributed by atoms with Crippen LogP contribution in [-0.2, 0) is 11.2 Å². The molecule has 0 bridgehead atoms. The molecule has 5 nitrogen and oxygen atoms in total. The summed E-state index contributed by atoms with van der Waals surface area (Å²) in [7, 11) is 0. The average molecular weight is 309 g/mol. The Morgan fingerprint density at radius 2 is 2.05 bits per heavy atom. The van der Waals surface area contributed by atoms with E-state index in [1.807, 2.05) is 0 Å². The number of aromatic nitrogens is 1. The summed E-state index contributed by atoms with van der Waals surface area (Å²) < 4.78 is 13.3. The minimum atomic E-state index is -0.995. The van der Waals surface area contributed by atoms with E-state index >= 15 is 0 Å². The van der Waals surface area contributed by atoms with E-state index in [9.17, 15) is 14.0 Å². The predicted octanol–water partition coefficient (Wildman–Crippen LogP) is 2.75. The zero-order valence-electron chi connectivity index (χ0n) is 10.6. The summed E-state index contributed by atoms with van der Waals surface area (Å²) >= 11 is 5.72. The zero-order chi connectivity index (χ0) is 15.4. The van der Waals surface area contributed by atoms with Crippen molar-refractivity contribution in [1.82, 2.24) is 4.98 Å². The van der Waals surface area contributed by atoms with Crippen LogP contribution in [0.1, 0.15) is 16.1 Å². The maximum absolute atomic E-state index is 13.3. The molecule has 2 rings (SSSR count). The Hall–Kier alpha value is -2.47. The first-order valence-electron chi connectivity index (χ1n) is 5.89. The number of hydrogen-bond donors (Lipinski definition) is 2. The molecule has 0 aliphatic heterocycles. The first-order chi connectivity index (χ1) is 9.97. The number of hydrogen-bond acceptors (Lipinski definition) is 3. The molecule has 2 N–H and O–H groups in total. The van der Waals surface area contributed by atoms with E-state index in [0.717, 1.165) is 6.07 Å². The molecule has 0 radical (unpaired) electrons. The number of halogens is 2. The summed E-state index contributed by atoms with van der Waals surface area (Å²) in [5, 5.41) is 10.9. The highest BCUT2D eigenvalue weighted by molar-refractivity contribution is 6.34. The third-order valence-electron chi connectivity index (χ3n) is 2.61. The van der Waals surface area contributed by atoms with Crippen LogP contribution in [0.5, 0.6) is 0 Å². The normalized spacial score (nSPS) is 10.2. The number of carboxylic acids is 1. The molecule has 0 spiro atoms. The highest BCUT2D eigenvalue weighted by Crippen LogP contribution is 2.20. The number of aliphatic carboxylic acids is 1. The molecule has 1 aromatic heterocycles. The van der Waals surface area contributed by atoms with Crippen molar-refractivity contribution < 1.29 is 19.1 Å². The fraction of sp³-hybridized carbons (Fsp3) is 0.0714. The summed E-state index contributed by atoms with van der Waals surface area (Å²) in [5.41, 5.74) is 0.727. The second-order valence-corrected chi connectivity index (χ2v) is 4.54. The van der Waals surface area contributed by atoms with Crippen molar-refractivity contribution >= 4 is 29.2 Å². The standard InChI is InChI=1S/C14H10ClFN2O3/c15-13-10(2-1-3-11(13)16)14(21)18-9-5-4-8(17-7-9)6-12(19)20/h1-5,7H,6H2,(H,18,21)(H,19,20). The van der Waals surface area contributed by atoms with Crippen molar-refractivity contribution in [2.24, 2.45) is 0 Å². The largest absolute Gasteiger partial charge is 0.481 e. The minimum absolute atomic E-state index is 0.00581. The number of carbonyl (C=O) groups is 2. The zero-order valence-corrected chi connectivity index (χ0v) is 11.4. The molecule has 7 heteroatoms. The summed E-state index contributed by atoms with van der Waals surface area (Å²) in [5.74, 6) is -2.25. The lowest BCUT2D eigenvalue weighted by molar-refractivity contribution is -0.136. The minimum Gasteiger partial charge on any atom is -0.481 e. The molecular weight excluding hydrogens is 299 g/mol. The van der Waals surface area contributed by atoms with Crippen LogP contribution < -0.4 is 5.32 Å². The predicted molar refractivity (Wildman–Crippen MR) is 74.9 cm³/mol. The van der Waals surface area contributed by atoms with Crippen LogP contribution >= 0.6 is 11.6 Å². The van der Waals surface area contributed by atoms with Gasteiger partial charge >= 0.3 is 5.97 Å². The number of rotatable bonds is 4. The first-order valence-corrected chi connectivity index (χ1v) is 6.27. The number of pyridine rings is 1. The number of benzene rings is 1. The fourth-order valence-corrected chi connectivity index (χ4v) is 1.85. The molecule has 0 unspecified atom stereocenters. The van der Waals surface area contributed by atoms with Crippen LogP contribution in [0, 0.1) is 5.82 Å². The molecule has 108 valence electrons. The maximum Gasteiger partial charge on any atom is 0.309 e. The molecular formula is C14H10ClFN2O3. The van der Waals surface area contributed by atoms with Gasteiger partial charge in [-0.15, -0.1) is 0 Å². The molecule has 0 saturated carbocycles. The van der Waals surface area contributed by atoms with E-state index in [2.05, 4.69) is 10.3 Å². The van der Waals surface area contributed by atoms with Gasteiger partial charge in [-0.25, -0.2) is 4.39 Å². The monoisotopic (exact) mass is 308 g/mol. The molecule has 1 amide bonds. The van der Waals surface area contributed by atoms with Crippen molar-refractivity contribution in [1.29, 1.82) is 0 Å². The van der Waals surface area contributed by atoms with Crippen LogP contribution in [0.2, 0.25) is 5.02 Å². The third kappa shape index (κ3) is 3.76. The van der Waals surface area contributed by atoms with Crippen LogP contribution in [-0.4, -0.2) is 22.0 Å². The van der Waals surface area contributed by atoms with E-state index in [-0.39, 0.29) is 17.0 Å². The van der Waals surface area contributed by atoms with E-state index in [4.69, 9.17) is 16.7 Å². The average Bonchev–Trinajstić information content (AvgIpc) is 2.43. The maximum atomic E-state index is 13.3. The Labute approximate surface area is 124 Å². The molecule has 0 atom stereocenters. The first kappa shape index (κ1) is 14.9. The number of nitrogens with one attached hydrogen (secondary N) is 1. The van der Waals surface area contributed by atoms with Gasteiger partial charge in [0.25, 0.3) is 5.91 Å². The van der Waals surface area contributed by atoms with Crippen molar-refractivity contribution in [3.8, 4) is 0 Å². The topological polar surface area (TPSA) is 79.3 Å². The fourth-order valence-electron chi connectivity index (χ4n) is 1.64. The number of amides is 1. The van der Waals surface area contributed by atoms with Crippen molar-refractivity contribution in [3.63, 3.8) is 0 Å². The summed E-state index contributed by atoms with van der Waals surface area (Å²) in [6, 6.07) is 6.92. The summed E-state index contributed by atoms with van der Waals surface area (Å²) in [6.45, 7) is 0. The van der Waals surface area contributed by atoms with Crippen LogP contribution in [0.15, 0.2) is 36.5 Å². The van der Waals surface area contributed by atoms with Gasteiger partial charge in [-0.2, -0.15) is 0 Å². The molecule has 0 fully saturated rings. The number of anilines is 1. The lowest BCUT2D eigenvalue weighted by Gasteiger charge is -2.07. The van der Waals surface area contributed by atoms with Gasteiger partial charge < -0.3 is 10.4 Å².